The highest BCUT2D eigenvalue weighted by Crippen LogP contribution is 2.19. The lowest BCUT2D eigenvalue weighted by atomic mass is 10.2. The maximum absolute atomic E-state index is 12.7. The molecule has 1 aromatic heterocycles. The van der Waals surface area contributed by atoms with Crippen molar-refractivity contribution in [3.8, 4) is 5.75 Å². The van der Waals surface area contributed by atoms with Crippen LogP contribution in [0.4, 0.5) is 0 Å². The first-order valence-electron chi connectivity index (χ1n) is 6.33. The van der Waals surface area contributed by atoms with Crippen LogP contribution < -0.4 is 4.74 Å². The smallest absolute Gasteiger partial charge is 0.263 e. The topological polar surface area (TPSA) is 44.1 Å². The maximum atomic E-state index is 12.7. The number of carbonyl (C=O) groups is 1. The Morgan fingerprint density at radius 3 is 2.75 bits per heavy atom. The summed E-state index contributed by atoms with van der Waals surface area (Å²) >= 11 is 0. The second-order valence-corrected chi connectivity index (χ2v) is 4.52. The van der Waals surface area contributed by atoms with Gasteiger partial charge in [-0.1, -0.05) is 18.2 Å². The summed E-state index contributed by atoms with van der Waals surface area (Å²) < 4.78 is 6.79. The first-order valence-corrected chi connectivity index (χ1v) is 6.33. The van der Waals surface area contributed by atoms with E-state index in [2.05, 4.69) is 4.98 Å². The number of methoxy groups -OCH3 is 1. The molecular formula is C16H14N2O2. The van der Waals surface area contributed by atoms with E-state index in [4.69, 9.17) is 4.74 Å². The molecule has 0 fully saturated rings. The predicted octanol–water partition coefficient (Wildman–Crippen LogP) is 3.04. The molecule has 0 spiro atoms. The fraction of sp³-hybridized carbons (Fsp3) is 0.125. The van der Waals surface area contributed by atoms with Gasteiger partial charge in [0, 0.05) is 5.56 Å². The van der Waals surface area contributed by atoms with E-state index in [0.717, 1.165) is 11.0 Å². The molecule has 0 aliphatic rings. The minimum atomic E-state index is -0.102. The molecule has 4 nitrogen and oxygen atoms in total. The minimum Gasteiger partial charge on any atom is -0.497 e. The number of nitrogens with zero attached hydrogens (tertiary/aromatic N) is 2. The van der Waals surface area contributed by atoms with E-state index in [1.165, 1.54) is 0 Å². The number of imidazole rings is 1. The third-order valence-corrected chi connectivity index (χ3v) is 3.25. The Morgan fingerprint density at radius 2 is 1.95 bits per heavy atom. The molecule has 0 aliphatic heterocycles. The molecule has 0 bridgehead atoms. The quantitative estimate of drug-likeness (QED) is 0.716. The van der Waals surface area contributed by atoms with E-state index in [-0.39, 0.29) is 5.91 Å². The van der Waals surface area contributed by atoms with Gasteiger partial charge in [0.15, 0.2) is 0 Å². The lowest BCUT2D eigenvalue weighted by molar-refractivity contribution is 0.0962. The summed E-state index contributed by atoms with van der Waals surface area (Å²) in [4.78, 5) is 17.1. The molecule has 0 atom stereocenters. The van der Waals surface area contributed by atoms with Crippen LogP contribution in [0, 0.1) is 6.92 Å². The highest BCUT2D eigenvalue weighted by atomic mass is 16.5. The van der Waals surface area contributed by atoms with Gasteiger partial charge in [0.25, 0.3) is 5.91 Å². The number of carbonyl (C=O) groups excluding carboxylic acids is 1. The SMILES string of the molecule is COc1cccc(C(=O)n2c(C)nc3ccccc32)c1. The minimum absolute atomic E-state index is 0.102. The second kappa shape index (κ2) is 4.81. The number of fused-ring (bicyclic) bond motifs is 1. The van der Waals surface area contributed by atoms with Crippen LogP contribution in [0.2, 0.25) is 0 Å². The van der Waals surface area contributed by atoms with Crippen LogP contribution in [-0.4, -0.2) is 22.6 Å². The van der Waals surface area contributed by atoms with Crippen molar-refractivity contribution in [3.05, 3.63) is 59.9 Å². The van der Waals surface area contributed by atoms with Gasteiger partial charge in [0.2, 0.25) is 0 Å². The number of aryl methyl sites for hydroxylation is 1. The van der Waals surface area contributed by atoms with E-state index in [9.17, 15) is 4.79 Å². The summed E-state index contributed by atoms with van der Waals surface area (Å²) in [7, 11) is 1.58. The fourth-order valence-electron chi connectivity index (χ4n) is 2.29. The normalized spacial score (nSPS) is 10.7. The maximum Gasteiger partial charge on any atom is 0.263 e. The van der Waals surface area contributed by atoms with E-state index in [1.807, 2.05) is 37.3 Å². The van der Waals surface area contributed by atoms with Crippen molar-refractivity contribution >= 4 is 16.9 Å². The van der Waals surface area contributed by atoms with E-state index < -0.39 is 0 Å². The highest BCUT2D eigenvalue weighted by Gasteiger charge is 2.15. The van der Waals surface area contributed by atoms with Crippen LogP contribution >= 0.6 is 0 Å². The average molecular weight is 266 g/mol. The van der Waals surface area contributed by atoms with Crippen LogP contribution in [0.3, 0.4) is 0 Å². The lowest BCUT2D eigenvalue weighted by Crippen LogP contribution is -2.13. The second-order valence-electron chi connectivity index (χ2n) is 4.52. The number of para-hydroxylation sites is 2. The van der Waals surface area contributed by atoms with Crippen LogP contribution in [0.15, 0.2) is 48.5 Å². The van der Waals surface area contributed by atoms with Crippen LogP contribution in [0.1, 0.15) is 16.2 Å². The van der Waals surface area contributed by atoms with Gasteiger partial charge < -0.3 is 4.74 Å². The summed E-state index contributed by atoms with van der Waals surface area (Å²) in [6.07, 6.45) is 0. The zero-order valence-electron chi connectivity index (χ0n) is 11.3. The van der Waals surface area contributed by atoms with Crippen molar-refractivity contribution in [2.45, 2.75) is 6.92 Å². The van der Waals surface area contributed by atoms with E-state index in [1.54, 1.807) is 29.9 Å². The van der Waals surface area contributed by atoms with Gasteiger partial charge in [-0.25, -0.2) is 4.98 Å². The lowest BCUT2D eigenvalue weighted by Gasteiger charge is -2.07. The molecule has 0 unspecified atom stereocenters. The van der Waals surface area contributed by atoms with Crippen molar-refractivity contribution in [1.82, 2.24) is 9.55 Å². The van der Waals surface area contributed by atoms with Crippen molar-refractivity contribution in [2.24, 2.45) is 0 Å². The Kier molecular flexibility index (Phi) is 2.99. The van der Waals surface area contributed by atoms with Crippen molar-refractivity contribution in [3.63, 3.8) is 0 Å². The van der Waals surface area contributed by atoms with E-state index >= 15 is 0 Å². The molecule has 100 valence electrons. The first-order chi connectivity index (χ1) is 9.70. The largest absolute Gasteiger partial charge is 0.497 e. The third kappa shape index (κ3) is 1.95. The average Bonchev–Trinajstić information content (AvgIpc) is 2.82. The number of ether oxygens (including phenoxy) is 1. The van der Waals surface area contributed by atoms with Gasteiger partial charge in [0.1, 0.15) is 11.6 Å². The molecule has 0 radical (unpaired) electrons. The molecule has 2 aromatic carbocycles. The molecule has 0 amide bonds. The molecule has 20 heavy (non-hydrogen) atoms. The number of benzene rings is 2. The van der Waals surface area contributed by atoms with Crippen molar-refractivity contribution < 1.29 is 9.53 Å². The van der Waals surface area contributed by atoms with Gasteiger partial charge >= 0.3 is 0 Å². The van der Waals surface area contributed by atoms with Crippen LogP contribution in [-0.2, 0) is 0 Å². The van der Waals surface area contributed by atoms with Crippen LogP contribution in [0.25, 0.3) is 11.0 Å². The third-order valence-electron chi connectivity index (χ3n) is 3.25. The fourth-order valence-corrected chi connectivity index (χ4v) is 2.29. The summed E-state index contributed by atoms with van der Waals surface area (Å²) in [5.74, 6) is 1.24. The molecule has 1 heterocycles. The zero-order valence-corrected chi connectivity index (χ0v) is 11.3. The standard InChI is InChI=1S/C16H14N2O2/c1-11-17-14-8-3-4-9-15(14)18(11)16(19)12-6-5-7-13(10-12)20-2/h3-10H,1-2H3. The summed E-state index contributed by atoms with van der Waals surface area (Å²) in [6, 6.07) is 14.7. The monoisotopic (exact) mass is 266 g/mol. The first kappa shape index (κ1) is 12.4. The number of hydrogen-bond acceptors (Lipinski definition) is 3. The zero-order chi connectivity index (χ0) is 14.1. The van der Waals surface area contributed by atoms with Crippen molar-refractivity contribution in [1.29, 1.82) is 0 Å². The van der Waals surface area contributed by atoms with Gasteiger partial charge in [-0.2, -0.15) is 0 Å². The predicted molar refractivity (Wildman–Crippen MR) is 77.2 cm³/mol. The molecule has 3 aromatic rings. The van der Waals surface area contributed by atoms with Crippen LogP contribution in [0.5, 0.6) is 5.75 Å². The van der Waals surface area contributed by atoms with Gasteiger partial charge in [-0.3, -0.25) is 9.36 Å². The Bertz CT molecular complexity index is 790. The highest BCUT2D eigenvalue weighted by molar-refractivity contribution is 6.01. The molecule has 0 N–H and O–H groups in total. The summed E-state index contributed by atoms with van der Waals surface area (Å²) in [5.41, 5.74) is 2.22. The Labute approximate surface area is 116 Å². The van der Waals surface area contributed by atoms with Gasteiger partial charge in [0.05, 0.1) is 18.1 Å². The molecule has 0 saturated heterocycles. The van der Waals surface area contributed by atoms with Gasteiger partial charge in [-0.15, -0.1) is 0 Å². The molecule has 3 rings (SSSR count). The summed E-state index contributed by atoms with van der Waals surface area (Å²) in [6.45, 7) is 1.83. The molecule has 0 saturated carbocycles. The van der Waals surface area contributed by atoms with Gasteiger partial charge in [-0.05, 0) is 37.3 Å². The molecule has 4 heteroatoms. The number of aromatic nitrogens is 2. The van der Waals surface area contributed by atoms with Crippen molar-refractivity contribution in [2.75, 3.05) is 7.11 Å². The van der Waals surface area contributed by atoms with E-state index in [0.29, 0.717) is 17.1 Å². The number of rotatable bonds is 2. The Morgan fingerprint density at radius 1 is 1.15 bits per heavy atom. The Balaban J connectivity index is 2.14. The molecular weight excluding hydrogens is 252 g/mol. The Hall–Kier alpha value is -2.62. The summed E-state index contributed by atoms with van der Waals surface area (Å²) in [5, 5.41) is 0. The molecule has 0 aliphatic carbocycles. The number of hydrogen-bond donors (Lipinski definition) is 0.